The maximum absolute atomic E-state index is 11.5. The molecule has 0 radical (unpaired) electrons. The Morgan fingerprint density at radius 2 is 2.27 bits per heavy atom. The number of carbonyl (C=O) groups is 1. The Bertz CT molecular complexity index is 258. The van der Waals surface area contributed by atoms with Crippen LogP contribution >= 0.6 is 0 Å². The molecule has 0 aromatic carbocycles. The number of nitrogens with one attached hydrogen (secondary N) is 1. The lowest BCUT2D eigenvalue weighted by atomic mass is 10.1. The molecule has 1 aliphatic heterocycles. The van der Waals surface area contributed by atoms with Crippen LogP contribution in [-0.4, -0.2) is 36.5 Å². The summed E-state index contributed by atoms with van der Waals surface area (Å²) in [7, 11) is 0. The van der Waals surface area contributed by atoms with Gasteiger partial charge in [0.15, 0.2) is 0 Å². The third kappa shape index (κ3) is 3.34. The van der Waals surface area contributed by atoms with Crippen LogP contribution in [0.15, 0.2) is 12.2 Å². The van der Waals surface area contributed by atoms with E-state index in [-0.39, 0.29) is 0 Å². The van der Waals surface area contributed by atoms with Crippen molar-refractivity contribution in [2.75, 3.05) is 19.6 Å². The molecule has 1 saturated carbocycles. The lowest BCUT2D eigenvalue weighted by Crippen LogP contribution is -2.38. The van der Waals surface area contributed by atoms with Gasteiger partial charge in [-0.25, -0.2) is 0 Å². The van der Waals surface area contributed by atoms with Crippen molar-refractivity contribution in [2.24, 2.45) is 0 Å². The van der Waals surface area contributed by atoms with Crippen molar-refractivity contribution in [3.05, 3.63) is 12.2 Å². The van der Waals surface area contributed by atoms with E-state index in [0.717, 1.165) is 50.5 Å². The van der Waals surface area contributed by atoms with Gasteiger partial charge >= 0.3 is 0 Å². The number of carbonyl (C=O) groups excluding carboxylic acids is 1. The highest BCUT2D eigenvalue weighted by molar-refractivity contribution is 5.77. The number of rotatable bonds is 5. The highest BCUT2D eigenvalue weighted by Gasteiger charge is 2.21. The van der Waals surface area contributed by atoms with Gasteiger partial charge in [0.25, 0.3) is 0 Å². The first-order valence-corrected chi connectivity index (χ1v) is 5.93. The van der Waals surface area contributed by atoms with E-state index in [1.165, 1.54) is 12.8 Å². The van der Waals surface area contributed by atoms with Gasteiger partial charge in [-0.1, -0.05) is 6.58 Å². The van der Waals surface area contributed by atoms with Crippen molar-refractivity contribution in [2.45, 2.75) is 38.1 Å². The van der Waals surface area contributed by atoms with E-state index >= 15 is 0 Å². The first kappa shape index (κ1) is 10.7. The third-order valence-electron chi connectivity index (χ3n) is 3.05. The maximum atomic E-state index is 11.5. The van der Waals surface area contributed by atoms with Crippen LogP contribution in [0, 0.1) is 0 Å². The smallest absolute Gasteiger partial charge is 0.222 e. The minimum absolute atomic E-state index is 0.300. The summed E-state index contributed by atoms with van der Waals surface area (Å²) < 4.78 is 0. The Balaban J connectivity index is 1.69. The quantitative estimate of drug-likeness (QED) is 0.691. The Hall–Kier alpha value is -0.830. The van der Waals surface area contributed by atoms with E-state index in [1.54, 1.807) is 0 Å². The number of hydrogen-bond acceptors (Lipinski definition) is 2. The number of likely N-dealkylation sites (tertiary alicyclic amines) is 1. The molecule has 84 valence electrons. The molecule has 1 saturated heterocycles. The topological polar surface area (TPSA) is 32.3 Å². The van der Waals surface area contributed by atoms with Gasteiger partial charge in [0.2, 0.25) is 5.91 Å². The second-order valence-corrected chi connectivity index (χ2v) is 4.68. The first-order valence-electron chi connectivity index (χ1n) is 5.93. The van der Waals surface area contributed by atoms with E-state index in [9.17, 15) is 4.79 Å². The summed E-state index contributed by atoms with van der Waals surface area (Å²) in [5, 5.41) is 3.42. The zero-order chi connectivity index (χ0) is 10.7. The molecule has 0 atom stereocenters. The van der Waals surface area contributed by atoms with Gasteiger partial charge in [0.05, 0.1) is 0 Å². The zero-order valence-corrected chi connectivity index (χ0v) is 9.30. The van der Waals surface area contributed by atoms with Crippen LogP contribution in [0.3, 0.4) is 0 Å². The van der Waals surface area contributed by atoms with Gasteiger partial charge in [0.1, 0.15) is 0 Å². The van der Waals surface area contributed by atoms with Crippen LogP contribution in [0.4, 0.5) is 0 Å². The molecule has 0 aromatic heterocycles. The van der Waals surface area contributed by atoms with Gasteiger partial charge < -0.3 is 10.2 Å². The summed E-state index contributed by atoms with van der Waals surface area (Å²) in [6.45, 7) is 6.56. The zero-order valence-electron chi connectivity index (χ0n) is 9.30. The summed E-state index contributed by atoms with van der Waals surface area (Å²) >= 11 is 0. The van der Waals surface area contributed by atoms with E-state index in [1.807, 2.05) is 4.90 Å². The van der Waals surface area contributed by atoms with Gasteiger partial charge in [-0.3, -0.25) is 4.79 Å². The standard InChI is InChI=1S/C12H20N2O/c1-10(8-13-11-5-6-11)9-14-7-3-2-4-12(14)15/h11,13H,1-9H2. The molecular formula is C12H20N2O. The fourth-order valence-electron chi connectivity index (χ4n) is 1.93. The fourth-order valence-corrected chi connectivity index (χ4v) is 1.93. The lowest BCUT2D eigenvalue weighted by molar-refractivity contribution is -0.132. The highest BCUT2D eigenvalue weighted by Crippen LogP contribution is 2.19. The van der Waals surface area contributed by atoms with Crippen LogP contribution in [0.5, 0.6) is 0 Å². The molecule has 2 rings (SSSR count). The molecule has 0 aromatic rings. The van der Waals surface area contributed by atoms with Gasteiger partial charge in [0, 0.05) is 32.1 Å². The molecular weight excluding hydrogens is 188 g/mol. The second-order valence-electron chi connectivity index (χ2n) is 4.68. The van der Waals surface area contributed by atoms with Crippen LogP contribution in [0.2, 0.25) is 0 Å². The number of nitrogens with zero attached hydrogens (tertiary/aromatic N) is 1. The third-order valence-corrected chi connectivity index (χ3v) is 3.05. The summed E-state index contributed by atoms with van der Waals surface area (Å²) in [5.41, 5.74) is 1.14. The molecule has 2 aliphatic rings. The van der Waals surface area contributed by atoms with Crippen LogP contribution in [-0.2, 0) is 4.79 Å². The normalized spacial score (nSPS) is 21.9. The molecule has 1 amide bonds. The Labute approximate surface area is 91.5 Å². The second kappa shape index (κ2) is 4.79. The number of amides is 1. The van der Waals surface area contributed by atoms with Gasteiger partial charge in [-0.2, -0.15) is 0 Å². The minimum atomic E-state index is 0.300. The van der Waals surface area contributed by atoms with Gasteiger partial charge in [-0.05, 0) is 31.3 Å². The Morgan fingerprint density at radius 1 is 1.47 bits per heavy atom. The molecule has 3 heteroatoms. The largest absolute Gasteiger partial charge is 0.339 e. The van der Waals surface area contributed by atoms with Crippen molar-refractivity contribution in [1.82, 2.24) is 10.2 Å². The van der Waals surface area contributed by atoms with E-state index < -0.39 is 0 Å². The molecule has 0 unspecified atom stereocenters. The van der Waals surface area contributed by atoms with Crippen molar-refractivity contribution in [1.29, 1.82) is 0 Å². The molecule has 3 nitrogen and oxygen atoms in total. The van der Waals surface area contributed by atoms with E-state index in [4.69, 9.17) is 0 Å². The van der Waals surface area contributed by atoms with Crippen molar-refractivity contribution in [3.8, 4) is 0 Å². The van der Waals surface area contributed by atoms with Crippen LogP contribution in [0.25, 0.3) is 0 Å². The SMILES string of the molecule is C=C(CNC1CC1)CN1CCCCC1=O. The average molecular weight is 208 g/mol. The van der Waals surface area contributed by atoms with Crippen molar-refractivity contribution in [3.63, 3.8) is 0 Å². The predicted octanol–water partition coefficient (Wildman–Crippen LogP) is 1.31. The molecule has 2 fully saturated rings. The molecule has 15 heavy (non-hydrogen) atoms. The molecule has 0 spiro atoms. The van der Waals surface area contributed by atoms with Crippen LogP contribution in [0.1, 0.15) is 32.1 Å². The molecule has 1 heterocycles. The van der Waals surface area contributed by atoms with E-state index in [0.29, 0.717) is 5.91 Å². The summed E-state index contributed by atoms with van der Waals surface area (Å²) in [6, 6.07) is 0.721. The Morgan fingerprint density at radius 3 is 2.93 bits per heavy atom. The van der Waals surface area contributed by atoms with Crippen molar-refractivity contribution >= 4 is 5.91 Å². The average Bonchev–Trinajstić information content (AvgIpc) is 3.02. The van der Waals surface area contributed by atoms with E-state index in [2.05, 4.69) is 11.9 Å². The molecule has 0 bridgehead atoms. The predicted molar refractivity (Wildman–Crippen MR) is 60.6 cm³/mol. The fraction of sp³-hybridized carbons (Fsp3) is 0.750. The number of hydrogen-bond donors (Lipinski definition) is 1. The van der Waals surface area contributed by atoms with Crippen molar-refractivity contribution < 1.29 is 4.79 Å². The monoisotopic (exact) mass is 208 g/mol. The summed E-state index contributed by atoms with van der Waals surface area (Å²) in [6.07, 6.45) is 5.53. The number of piperidine rings is 1. The summed E-state index contributed by atoms with van der Waals surface area (Å²) in [4.78, 5) is 13.5. The van der Waals surface area contributed by atoms with Crippen LogP contribution < -0.4 is 5.32 Å². The highest BCUT2D eigenvalue weighted by atomic mass is 16.2. The Kier molecular flexibility index (Phi) is 3.41. The maximum Gasteiger partial charge on any atom is 0.222 e. The van der Waals surface area contributed by atoms with Gasteiger partial charge in [-0.15, -0.1) is 0 Å². The minimum Gasteiger partial charge on any atom is -0.339 e. The molecule has 1 N–H and O–H groups in total. The first-order chi connectivity index (χ1) is 7.25. The summed E-state index contributed by atoms with van der Waals surface area (Å²) in [5.74, 6) is 0.300. The molecule has 1 aliphatic carbocycles. The lowest BCUT2D eigenvalue weighted by Gasteiger charge is -2.27.